The van der Waals surface area contributed by atoms with Crippen LogP contribution in [-0.4, -0.2) is 15.1 Å². The highest BCUT2D eigenvalue weighted by Gasteiger charge is 2.38. The molecular formula is C14H20N2OS. The summed E-state index contributed by atoms with van der Waals surface area (Å²) in [7, 11) is 0. The van der Waals surface area contributed by atoms with Crippen molar-refractivity contribution in [2.75, 3.05) is 0 Å². The largest absolute Gasteiger partial charge is 0.376 e. The van der Waals surface area contributed by atoms with Gasteiger partial charge in [0.25, 0.3) is 0 Å². The van der Waals surface area contributed by atoms with Crippen molar-refractivity contribution in [2.45, 2.75) is 33.3 Å². The standard InChI is InChI=1S/C12H14N2OS.C2H6/c1-9(2)12(15,11-14-7-8-16-11)10-5-3-4-6-13-10;1-2/h3-9,15H,1-2H3;1-2H3. The van der Waals surface area contributed by atoms with Gasteiger partial charge in [0.2, 0.25) is 0 Å². The number of hydrogen-bond donors (Lipinski definition) is 1. The molecule has 0 aromatic carbocycles. The van der Waals surface area contributed by atoms with Gasteiger partial charge in [-0.25, -0.2) is 4.98 Å². The molecule has 0 aliphatic rings. The van der Waals surface area contributed by atoms with Gasteiger partial charge >= 0.3 is 0 Å². The Balaban J connectivity index is 0.000000771. The molecule has 0 saturated carbocycles. The summed E-state index contributed by atoms with van der Waals surface area (Å²) in [4.78, 5) is 8.46. The second kappa shape index (κ2) is 6.61. The van der Waals surface area contributed by atoms with Crippen molar-refractivity contribution in [2.24, 2.45) is 5.92 Å². The number of thiazole rings is 1. The zero-order valence-electron chi connectivity index (χ0n) is 11.3. The Morgan fingerprint density at radius 1 is 1.17 bits per heavy atom. The van der Waals surface area contributed by atoms with Crippen LogP contribution in [0, 0.1) is 5.92 Å². The maximum Gasteiger partial charge on any atom is 0.160 e. The maximum absolute atomic E-state index is 10.8. The average molecular weight is 264 g/mol. The Morgan fingerprint density at radius 3 is 2.33 bits per heavy atom. The Labute approximate surface area is 113 Å². The van der Waals surface area contributed by atoms with Crippen LogP contribution < -0.4 is 0 Å². The van der Waals surface area contributed by atoms with Crippen molar-refractivity contribution < 1.29 is 5.11 Å². The van der Waals surface area contributed by atoms with Crippen molar-refractivity contribution in [3.8, 4) is 0 Å². The van der Waals surface area contributed by atoms with Crippen LogP contribution in [0.1, 0.15) is 38.4 Å². The van der Waals surface area contributed by atoms with Crippen LogP contribution in [0.25, 0.3) is 0 Å². The fourth-order valence-corrected chi connectivity index (χ4v) is 2.54. The molecule has 2 aromatic rings. The highest BCUT2D eigenvalue weighted by Crippen LogP contribution is 2.36. The zero-order valence-corrected chi connectivity index (χ0v) is 12.1. The van der Waals surface area contributed by atoms with Crippen molar-refractivity contribution in [3.63, 3.8) is 0 Å². The number of pyridine rings is 1. The fourth-order valence-electron chi connectivity index (χ4n) is 1.65. The molecule has 0 aliphatic carbocycles. The second-order valence-electron chi connectivity index (χ2n) is 3.97. The Morgan fingerprint density at radius 2 is 1.89 bits per heavy atom. The molecule has 98 valence electrons. The first-order valence-electron chi connectivity index (χ1n) is 6.19. The van der Waals surface area contributed by atoms with Crippen molar-refractivity contribution in [1.82, 2.24) is 9.97 Å². The first-order chi connectivity index (χ1) is 8.65. The molecule has 18 heavy (non-hydrogen) atoms. The van der Waals surface area contributed by atoms with E-state index in [0.29, 0.717) is 10.7 Å². The van der Waals surface area contributed by atoms with Gasteiger partial charge in [-0.2, -0.15) is 0 Å². The molecule has 1 atom stereocenters. The van der Waals surface area contributed by atoms with Crippen LogP contribution in [0.3, 0.4) is 0 Å². The lowest BCUT2D eigenvalue weighted by Crippen LogP contribution is -2.34. The molecule has 1 unspecified atom stereocenters. The molecule has 0 aliphatic heterocycles. The van der Waals surface area contributed by atoms with Gasteiger partial charge in [-0.1, -0.05) is 33.8 Å². The summed E-state index contributed by atoms with van der Waals surface area (Å²) >= 11 is 1.45. The van der Waals surface area contributed by atoms with Crippen molar-refractivity contribution in [1.29, 1.82) is 0 Å². The molecule has 2 rings (SSSR count). The van der Waals surface area contributed by atoms with Gasteiger partial charge in [0, 0.05) is 17.8 Å². The molecule has 0 radical (unpaired) electrons. The Kier molecular flexibility index (Phi) is 5.44. The molecule has 0 saturated heterocycles. The van der Waals surface area contributed by atoms with E-state index in [2.05, 4.69) is 9.97 Å². The fraction of sp³-hybridized carbons (Fsp3) is 0.429. The van der Waals surface area contributed by atoms with E-state index >= 15 is 0 Å². The minimum atomic E-state index is -1.09. The quantitative estimate of drug-likeness (QED) is 0.923. The van der Waals surface area contributed by atoms with Crippen LogP contribution in [0.15, 0.2) is 36.0 Å². The second-order valence-corrected chi connectivity index (χ2v) is 4.87. The number of aliphatic hydroxyl groups is 1. The molecule has 0 fully saturated rings. The first-order valence-corrected chi connectivity index (χ1v) is 7.07. The van der Waals surface area contributed by atoms with Gasteiger partial charge in [-0.3, -0.25) is 4.98 Å². The molecular weight excluding hydrogens is 244 g/mol. The van der Waals surface area contributed by atoms with E-state index in [-0.39, 0.29) is 5.92 Å². The van der Waals surface area contributed by atoms with Crippen LogP contribution in [0.2, 0.25) is 0 Å². The Bertz CT molecular complexity index is 442. The number of hydrogen-bond acceptors (Lipinski definition) is 4. The number of nitrogens with zero attached hydrogens (tertiary/aromatic N) is 2. The average Bonchev–Trinajstić information content (AvgIpc) is 2.95. The highest BCUT2D eigenvalue weighted by atomic mass is 32.1. The lowest BCUT2D eigenvalue weighted by Gasteiger charge is -2.29. The van der Waals surface area contributed by atoms with Gasteiger partial charge in [-0.15, -0.1) is 11.3 Å². The van der Waals surface area contributed by atoms with Crippen LogP contribution in [0.5, 0.6) is 0 Å². The smallest absolute Gasteiger partial charge is 0.160 e. The van der Waals surface area contributed by atoms with Gasteiger partial charge in [-0.05, 0) is 18.1 Å². The summed E-state index contributed by atoms with van der Waals surface area (Å²) in [5.74, 6) is 0.0218. The summed E-state index contributed by atoms with van der Waals surface area (Å²) in [5, 5.41) is 13.4. The Hall–Kier alpha value is -1.26. The third kappa shape index (κ3) is 2.76. The van der Waals surface area contributed by atoms with E-state index in [0.717, 1.165) is 0 Å². The maximum atomic E-state index is 10.8. The SMILES string of the molecule is CC.CC(C)C(O)(c1ccccn1)c1nccs1. The van der Waals surface area contributed by atoms with E-state index in [1.807, 2.05) is 51.3 Å². The number of rotatable bonds is 3. The summed E-state index contributed by atoms with van der Waals surface area (Å²) < 4.78 is 0. The van der Waals surface area contributed by atoms with E-state index < -0.39 is 5.60 Å². The summed E-state index contributed by atoms with van der Waals surface area (Å²) in [6, 6.07) is 5.55. The molecule has 2 aromatic heterocycles. The van der Waals surface area contributed by atoms with Crippen molar-refractivity contribution >= 4 is 11.3 Å². The van der Waals surface area contributed by atoms with E-state index in [1.54, 1.807) is 12.4 Å². The minimum Gasteiger partial charge on any atom is -0.376 e. The summed E-state index contributed by atoms with van der Waals surface area (Å²) in [5.41, 5.74) is -0.435. The van der Waals surface area contributed by atoms with E-state index in [4.69, 9.17) is 0 Å². The lowest BCUT2D eigenvalue weighted by molar-refractivity contribution is 0.0273. The monoisotopic (exact) mass is 264 g/mol. The van der Waals surface area contributed by atoms with Crippen LogP contribution in [-0.2, 0) is 5.60 Å². The molecule has 1 N–H and O–H groups in total. The minimum absolute atomic E-state index is 0.0218. The molecule has 3 nitrogen and oxygen atoms in total. The van der Waals surface area contributed by atoms with Gasteiger partial charge in [0.15, 0.2) is 5.60 Å². The topological polar surface area (TPSA) is 46.0 Å². The van der Waals surface area contributed by atoms with Gasteiger partial charge < -0.3 is 5.11 Å². The molecule has 0 amide bonds. The van der Waals surface area contributed by atoms with Crippen LogP contribution in [0.4, 0.5) is 0 Å². The number of aromatic nitrogens is 2. The predicted molar refractivity (Wildman–Crippen MR) is 75.5 cm³/mol. The highest BCUT2D eigenvalue weighted by molar-refractivity contribution is 7.09. The summed E-state index contributed by atoms with van der Waals surface area (Å²) in [6.07, 6.45) is 3.40. The first kappa shape index (κ1) is 14.8. The van der Waals surface area contributed by atoms with Gasteiger partial charge in [0.05, 0.1) is 5.69 Å². The van der Waals surface area contributed by atoms with E-state index in [1.165, 1.54) is 11.3 Å². The molecule has 4 heteroatoms. The van der Waals surface area contributed by atoms with E-state index in [9.17, 15) is 5.11 Å². The predicted octanol–water partition coefficient (Wildman–Crippen LogP) is 3.46. The third-order valence-electron chi connectivity index (χ3n) is 2.65. The zero-order chi connectivity index (χ0) is 13.6. The lowest BCUT2D eigenvalue weighted by atomic mass is 9.87. The van der Waals surface area contributed by atoms with Gasteiger partial charge in [0.1, 0.15) is 5.01 Å². The van der Waals surface area contributed by atoms with Crippen LogP contribution >= 0.6 is 11.3 Å². The summed E-state index contributed by atoms with van der Waals surface area (Å²) in [6.45, 7) is 7.94. The normalized spacial score (nSPS) is 13.7. The molecule has 2 heterocycles. The molecule has 0 spiro atoms. The molecule has 0 bridgehead atoms. The van der Waals surface area contributed by atoms with Crippen molar-refractivity contribution in [3.05, 3.63) is 46.7 Å². The third-order valence-corrected chi connectivity index (χ3v) is 3.55.